The van der Waals surface area contributed by atoms with Crippen LogP contribution >= 0.6 is 0 Å². The normalized spacial score (nSPS) is 11.6. The van der Waals surface area contributed by atoms with Crippen LogP contribution in [0.4, 0.5) is 0 Å². The molecule has 0 aromatic carbocycles. The predicted octanol–water partition coefficient (Wildman–Crippen LogP) is 3.26. The van der Waals surface area contributed by atoms with Gasteiger partial charge in [0.05, 0.1) is 5.92 Å². The average molecular weight is 184 g/mol. The van der Waals surface area contributed by atoms with E-state index in [9.17, 15) is 4.79 Å². The van der Waals surface area contributed by atoms with Gasteiger partial charge in [0, 0.05) is 0 Å². The van der Waals surface area contributed by atoms with E-state index in [2.05, 4.69) is 32.6 Å². The maximum absolute atomic E-state index is 9.86. The third-order valence-electron chi connectivity index (χ3n) is 1.38. The molecule has 0 aromatic heterocycles. The SMILES string of the molecule is C=CC(C)C(=O)O.CC/C=C\CC. The van der Waals surface area contributed by atoms with Crippen molar-refractivity contribution in [2.24, 2.45) is 5.92 Å². The zero-order valence-electron chi connectivity index (χ0n) is 8.79. The number of hydrogen-bond acceptors (Lipinski definition) is 1. The van der Waals surface area contributed by atoms with Crippen LogP contribution in [0.1, 0.15) is 33.6 Å². The van der Waals surface area contributed by atoms with Gasteiger partial charge < -0.3 is 5.11 Å². The second-order valence-corrected chi connectivity index (χ2v) is 2.65. The van der Waals surface area contributed by atoms with Crippen molar-refractivity contribution in [3.8, 4) is 0 Å². The first-order valence-electron chi connectivity index (χ1n) is 4.60. The standard InChI is InChI=1S/C6H12.C5H8O2/c1-3-5-6-4-2;1-3-4(2)5(6)7/h5-6H,3-4H2,1-2H3;3-4H,1H2,2H3,(H,6,7)/b6-5-;. The molecular formula is C11H20O2. The summed E-state index contributed by atoms with van der Waals surface area (Å²) in [6, 6.07) is 0. The highest BCUT2D eigenvalue weighted by Gasteiger charge is 2.02. The highest BCUT2D eigenvalue weighted by Crippen LogP contribution is 1.92. The number of carboxylic acid groups (broad SMARTS) is 1. The zero-order valence-corrected chi connectivity index (χ0v) is 8.79. The maximum atomic E-state index is 9.86. The van der Waals surface area contributed by atoms with Gasteiger partial charge in [-0.25, -0.2) is 0 Å². The summed E-state index contributed by atoms with van der Waals surface area (Å²) in [6.07, 6.45) is 8.10. The Bertz CT molecular complexity index is 153. The number of rotatable bonds is 4. The van der Waals surface area contributed by atoms with Gasteiger partial charge in [-0.05, 0) is 19.8 Å². The highest BCUT2D eigenvalue weighted by atomic mass is 16.4. The number of allylic oxidation sites excluding steroid dienone is 2. The molecule has 2 heteroatoms. The van der Waals surface area contributed by atoms with E-state index in [0.717, 1.165) is 0 Å². The van der Waals surface area contributed by atoms with Crippen molar-refractivity contribution in [1.82, 2.24) is 0 Å². The molecule has 0 amide bonds. The lowest BCUT2D eigenvalue weighted by Gasteiger charge is -1.92. The van der Waals surface area contributed by atoms with E-state index in [-0.39, 0.29) is 0 Å². The van der Waals surface area contributed by atoms with E-state index in [1.165, 1.54) is 18.9 Å². The van der Waals surface area contributed by atoms with Crippen LogP contribution < -0.4 is 0 Å². The molecule has 1 unspecified atom stereocenters. The molecule has 0 bridgehead atoms. The summed E-state index contributed by atoms with van der Waals surface area (Å²) in [4.78, 5) is 9.86. The summed E-state index contributed by atoms with van der Waals surface area (Å²) in [6.45, 7) is 9.17. The summed E-state index contributed by atoms with van der Waals surface area (Å²) in [5, 5.41) is 8.11. The van der Waals surface area contributed by atoms with Crippen LogP contribution in [0.3, 0.4) is 0 Å². The van der Waals surface area contributed by atoms with Gasteiger partial charge in [0.1, 0.15) is 0 Å². The molecule has 0 rings (SSSR count). The minimum Gasteiger partial charge on any atom is -0.481 e. The summed E-state index contributed by atoms with van der Waals surface area (Å²) < 4.78 is 0. The summed E-state index contributed by atoms with van der Waals surface area (Å²) in [5.74, 6) is -1.24. The molecule has 0 heterocycles. The Hall–Kier alpha value is -1.05. The van der Waals surface area contributed by atoms with Crippen LogP contribution in [0.15, 0.2) is 24.8 Å². The molecule has 2 nitrogen and oxygen atoms in total. The molecule has 13 heavy (non-hydrogen) atoms. The second kappa shape index (κ2) is 11.0. The molecule has 0 aliphatic carbocycles. The molecule has 0 fully saturated rings. The third-order valence-corrected chi connectivity index (χ3v) is 1.38. The van der Waals surface area contributed by atoms with E-state index in [1.54, 1.807) is 6.92 Å². The quantitative estimate of drug-likeness (QED) is 0.681. The largest absolute Gasteiger partial charge is 0.481 e. The first-order chi connectivity index (χ1) is 6.09. The molecule has 0 saturated heterocycles. The van der Waals surface area contributed by atoms with E-state index in [4.69, 9.17) is 5.11 Å². The van der Waals surface area contributed by atoms with Gasteiger partial charge in [0.2, 0.25) is 0 Å². The van der Waals surface area contributed by atoms with Crippen molar-refractivity contribution in [3.63, 3.8) is 0 Å². The fourth-order valence-electron chi connectivity index (χ4n) is 0.434. The molecule has 76 valence electrons. The zero-order chi connectivity index (χ0) is 10.7. The number of carbonyl (C=O) groups is 1. The Morgan fingerprint density at radius 2 is 1.77 bits per heavy atom. The lowest BCUT2D eigenvalue weighted by atomic mass is 10.2. The lowest BCUT2D eigenvalue weighted by molar-refractivity contribution is -0.139. The smallest absolute Gasteiger partial charge is 0.310 e. The Balaban J connectivity index is 0. The molecule has 0 spiro atoms. The summed E-state index contributed by atoms with van der Waals surface area (Å²) in [7, 11) is 0. The number of aliphatic carboxylic acids is 1. The van der Waals surface area contributed by atoms with Crippen LogP contribution in [0.25, 0.3) is 0 Å². The van der Waals surface area contributed by atoms with Crippen molar-refractivity contribution in [2.75, 3.05) is 0 Å². The summed E-state index contributed by atoms with van der Waals surface area (Å²) in [5.41, 5.74) is 0. The lowest BCUT2D eigenvalue weighted by Crippen LogP contribution is -2.04. The minimum absolute atomic E-state index is 0.417. The Labute approximate surface area is 81.0 Å². The van der Waals surface area contributed by atoms with E-state index in [0.29, 0.717) is 0 Å². The number of carboxylic acids is 1. The van der Waals surface area contributed by atoms with Crippen LogP contribution in [0.5, 0.6) is 0 Å². The van der Waals surface area contributed by atoms with Crippen molar-refractivity contribution in [2.45, 2.75) is 33.6 Å². The molecule has 0 aromatic rings. The van der Waals surface area contributed by atoms with Gasteiger partial charge in [0.15, 0.2) is 0 Å². The first-order valence-corrected chi connectivity index (χ1v) is 4.60. The monoisotopic (exact) mass is 184 g/mol. The number of hydrogen-bond donors (Lipinski definition) is 1. The second-order valence-electron chi connectivity index (χ2n) is 2.65. The van der Waals surface area contributed by atoms with Crippen molar-refractivity contribution in [3.05, 3.63) is 24.8 Å². The third kappa shape index (κ3) is 13.9. The topological polar surface area (TPSA) is 37.3 Å². The Kier molecular flexibility index (Phi) is 12.2. The van der Waals surface area contributed by atoms with Crippen LogP contribution in [0, 0.1) is 5.92 Å². The predicted molar refractivity (Wildman–Crippen MR) is 56.7 cm³/mol. The van der Waals surface area contributed by atoms with Gasteiger partial charge in [-0.1, -0.05) is 32.1 Å². The molecule has 1 N–H and O–H groups in total. The molecule has 0 aliphatic heterocycles. The van der Waals surface area contributed by atoms with Gasteiger partial charge in [0.25, 0.3) is 0 Å². The maximum Gasteiger partial charge on any atom is 0.310 e. The van der Waals surface area contributed by atoms with Crippen LogP contribution in [-0.4, -0.2) is 11.1 Å². The first kappa shape index (κ1) is 14.5. The highest BCUT2D eigenvalue weighted by molar-refractivity contribution is 5.71. The van der Waals surface area contributed by atoms with Gasteiger partial charge >= 0.3 is 5.97 Å². The van der Waals surface area contributed by atoms with Gasteiger partial charge in [-0.2, -0.15) is 0 Å². The van der Waals surface area contributed by atoms with Crippen molar-refractivity contribution < 1.29 is 9.90 Å². The minimum atomic E-state index is -0.824. The Morgan fingerprint density at radius 1 is 1.38 bits per heavy atom. The van der Waals surface area contributed by atoms with Gasteiger partial charge in [-0.3, -0.25) is 4.79 Å². The van der Waals surface area contributed by atoms with Crippen LogP contribution in [-0.2, 0) is 4.79 Å². The fourth-order valence-corrected chi connectivity index (χ4v) is 0.434. The molecule has 0 saturated carbocycles. The molecular weight excluding hydrogens is 164 g/mol. The molecule has 1 atom stereocenters. The Morgan fingerprint density at radius 3 is 1.85 bits per heavy atom. The van der Waals surface area contributed by atoms with Crippen molar-refractivity contribution >= 4 is 5.97 Å². The van der Waals surface area contributed by atoms with Crippen molar-refractivity contribution in [1.29, 1.82) is 0 Å². The van der Waals surface area contributed by atoms with E-state index in [1.807, 2.05) is 0 Å². The van der Waals surface area contributed by atoms with Crippen LogP contribution in [0.2, 0.25) is 0 Å². The van der Waals surface area contributed by atoms with E-state index < -0.39 is 11.9 Å². The molecule has 0 aliphatic rings. The molecule has 0 radical (unpaired) electrons. The van der Waals surface area contributed by atoms with Gasteiger partial charge in [-0.15, -0.1) is 6.58 Å². The fraction of sp³-hybridized carbons (Fsp3) is 0.545. The summed E-state index contributed by atoms with van der Waals surface area (Å²) >= 11 is 0. The van der Waals surface area contributed by atoms with E-state index >= 15 is 0 Å². The average Bonchev–Trinajstić information content (AvgIpc) is 2.14.